The highest BCUT2D eigenvalue weighted by Gasteiger charge is 2.31. The largest absolute Gasteiger partial charge is 0.416 e. The fraction of sp³-hybridized carbons (Fsp3) is 0.200. The summed E-state index contributed by atoms with van der Waals surface area (Å²) in [6.45, 7) is 3.17. The van der Waals surface area contributed by atoms with Gasteiger partial charge in [0.15, 0.2) is 0 Å². The second-order valence-electron chi connectivity index (χ2n) is 2.91. The summed E-state index contributed by atoms with van der Waals surface area (Å²) in [7, 11) is 0. The van der Waals surface area contributed by atoms with Gasteiger partial charge in [-0.3, -0.25) is 0 Å². The minimum absolute atomic E-state index is 0.431. The van der Waals surface area contributed by atoms with Gasteiger partial charge in [-0.05, 0) is 18.2 Å². The molecule has 1 aromatic rings. The first-order valence-electron chi connectivity index (χ1n) is 4.03. The van der Waals surface area contributed by atoms with Crippen LogP contribution >= 0.6 is 0 Å². The van der Waals surface area contributed by atoms with Crippen LogP contribution in [0.15, 0.2) is 30.9 Å². The summed E-state index contributed by atoms with van der Waals surface area (Å²) in [5.41, 5.74) is -1.43. The Kier molecular flexibility index (Phi) is 3.14. The lowest BCUT2D eigenvalue weighted by atomic mass is 10.1. The Morgan fingerprint density at radius 1 is 1.33 bits per heavy atom. The summed E-state index contributed by atoms with van der Waals surface area (Å²) < 4.78 is 49.7. The predicted molar refractivity (Wildman–Crippen MR) is 46.6 cm³/mol. The number of aliphatic hydroxyl groups excluding tert-OH is 1. The summed E-state index contributed by atoms with van der Waals surface area (Å²) >= 11 is 0. The minimum Gasteiger partial charge on any atom is -0.384 e. The lowest BCUT2D eigenvalue weighted by molar-refractivity contribution is -0.137. The number of aliphatic hydroxyl groups is 1. The zero-order valence-corrected chi connectivity index (χ0v) is 7.55. The third-order valence-electron chi connectivity index (χ3n) is 1.87. The molecule has 1 N–H and O–H groups in total. The first kappa shape index (κ1) is 11.7. The topological polar surface area (TPSA) is 20.2 Å². The standard InChI is InChI=1S/C10H8F4O/c1-2-9(15)7-5-6(10(12,13)14)3-4-8(7)11/h2-5,9,15H,1H2. The van der Waals surface area contributed by atoms with E-state index in [1.54, 1.807) is 0 Å². The Morgan fingerprint density at radius 3 is 2.40 bits per heavy atom. The van der Waals surface area contributed by atoms with Crippen LogP contribution in [0.1, 0.15) is 17.2 Å². The molecule has 0 radical (unpaired) electrons. The number of halogens is 4. The van der Waals surface area contributed by atoms with Crippen LogP contribution in [-0.2, 0) is 6.18 Å². The average Bonchev–Trinajstić information content (AvgIpc) is 2.15. The maximum atomic E-state index is 13.0. The van der Waals surface area contributed by atoms with Crippen molar-refractivity contribution in [2.45, 2.75) is 12.3 Å². The van der Waals surface area contributed by atoms with Gasteiger partial charge in [0.05, 0.1) is 11.7 Å². The maximum absolute atomic E-state index is 13.0. The van der Waals surface area contributed by atoms with Crippen LogP contribution in [0.25, 0.3) is 0 Å². The molecule has 1 nitrogen and oxygen atoms in total. The molecule has 5 heteroatoms. The molecule has 0 aliphatic carbocycles. The zero-order valence-electron chi connectivity index (χ0n) is 7.55. The lowest BCUT2D eigenvalue weighted by Gasteiger charge is -2.11. The third-order valence-corrected chi connectivity index (χ3v) is 1.87. The van der Waals surface area contributed by atoms with Crippen molar-refractivity contribution in [2.75, 3.05) is 0 Å². The van der Waals surface area contributed by atoms with Crippen LogP contribution in [-0.4, -0.2) is 5.11 Å². The Labute approximate surface area is 83.7 Å². The van der Waals surface area contributed by atoms with Crippen molar-refractivity contribution in [1.29, 1.82) is 0 Å². The Bertz CT molecular complexity index is 370. The smallest absolute Gasteiger partial charge is 0.384 e. The van der Waals surface area contributed by atoms with Gasteiger partial charge in [-0.1, -0.05) is 6.08 Å². The summed E-state index contributed by atoms with van der Waals surface area (Å²) in [4.78, 5) is 0. The predicted octanol–water partition coefficient (Wildman–Crippen LogP) is 3.06. The van der Waals surface area contributed by atoms with Crippen LogP contribution in [0.5, 0.6) is 0 Å². The quantitative estimate of drug-likeness (QED) is 0.599. The lowest BCUT2D eigenvalue weighted by Crippen LogP contribution is -2.07. The molecule has 82 valence electrons. The average molecular weight is 220 g/mol. The molecule has 1 rings (SSSR count). The van der Waals surface area contributed by atoms with Crippen molar-refractivity contribution >= 4 is 0 Å². The fourth-order valence-electron chi connectivity index (χ4n) is 1.07. The van der Waals surface area contributed by atoms with Crippen molar-refractivity contribution in [3.05, 3.63) is 47.8 Å². The summed E-state index contributed by atoms with van der Waals surface area (Å²) in [6.07, 6.45) is -5.03. The van der Waals surface area contributed by atoms with Crippen molar-refractivity contribution in [3.8, 4) is 0 Å². The fourth-order valence-corrected chi connectivity index (χ4v) is 1.07. The van der Waals surface area contributed by atoms with Crippen LogP contribution < -0.4 is 0 Å². The van der Waals surface area contributed by atoms with Gasteiger partial charge >= 0.3 is 6.18 Å². The summed E-state index contributed by atoms with van der Waals surface area (Å²) in [5.74, 6) is -0.893. The molecule has 0 spiro atoms. The van der Waals surface area contributed by atoms with E-state index in [0.717, 1.165) is 6.08 Å². The molecule has 0 fully saturated rings. The van der Waals surface area contributed by atoms with E-state index < -0.39 is 29.2 Å². The first-order chi connectivity index (χ1) is 6.86. The van der Waals surface area contributed by atoms with Crippen molar-refractivity contribution < 1.29 is 22.7 Å². The monoisotopic (exact) mass is 220 g/mol. The van der Waals surface area contributed by atoms with E-state index in [2.05, 4.69) is 6.58 Å². The molecule has 15 heavy (non-hydrogen) atoms. The van der Waals surface area contributed by atoms with Crippen molar-refractivity contribution in [1.82, 2.24) is 0 Å². The van der Waals surface area contributed by atoms with E-state index in [4.69, 9.17) is 0 Å². The highest BCUT2D eigenvalue weighted by atomic mass is 19.4. The van der Waals surface area contributed by atoms with Crippen LogP contribution in [0.2, 0.25) is 0 Å². The summed E-state index contributed by atoms with van der Waals surface area (Å²) in [5, 5.41) is 9.17. The first-order valence-corrected chi connectivity index (χ1v) is 4.03. The van der Waals surface area contributed by atoms with Crippen LogP contribution in [0, 0.1) is 5.82 Å². The third kappa shape index (κ3) is 2.56. The van der Waals surface area contributed by atoms with Gasteiger partial charge in [-0.2, -0.15) is 13.2 Å². The van der Waals surface area contributed by atoms with Crippen molar-refractivity contribution in [2.24, 2.45) is 0 Å². The van der Waals surface area contributed by atoms with Crippen molar-refractivity contribution in [3.63, 3.8) is 0 Å². The molecule has 0 aliphatic rings. The molecule has 1 aromatic carbocycles. The molecule has 1 unspecified atom stereocenters. The van der Waals surface area contributed by atoms with E-state index >= 15 is 0 Å². The van der Waals surface area contributed by atoms with E-state index in [1.807, 2.05) is 0 Å². The Morgan fingerprint density at radius 2 is 1.93 bits per heavy atom. The SMILES string of the molecule is C=CC(O)c1cc(C(F)(F)F)ccc1F. The molecular formula is C10H8F4O. The Hall–Kier alpha value is -1.36. The second-order valence-corrected chi connectivity index (χ2v) is 2.91. The molecule has 0 amide bonds. The van der Waals surface area contributed by atoms with E-state index in [9.17, 15) is 22.7 Å². The number of rotatable bonds is 2. The van der Waals surface area contributed by atoms with Gasteiger partial charge in [0.25, 0.3) is 0 Å². The highest BCUT2D eigenvalue weighted by molar-refractivity contribution is 5.30. The highest BCUT2D eigenvalue weighted by Crippen LogP contribution is 2.31. The molecule has 0 aromatic heterocycles. The van der Waals surface area contributed by atoms with Crippen LogP contribution in [0.4, 0.5) is 17.6 Å². The zero-order chi connectivity index (χ0) is 11.6. The van der Waals surface area contributed by atoms with E-state index in [0.29, 0.717) is 18.2 Å². The van der Waals surface area contributed by atoms with Gasteiger partial charge in [0.2, 0.25) is 0 Å². The molecule has 0 bridgehead atoms. The van der Waals surface area contributed by atoms with Gasteiger partial charge in [-0.25, -0.2) is 4.39 Å². The minimum atomic E-state index is -4.55. The normalized spacial score (nSPS) is 13.7. The number of benzene rings is 1. The summed E-state index contributed by atoms with van der Waals surface area (Å²) in [6, 6.07) is 1.86. The van der Waals surface area contributed by atoms with Gasteiger partial charge in [0.1, 0.15) is 5.82 Å². The van der Waals surface area contributed by atoms with E-state index in [1.165, 1.54) is 0 Å². The van der Waals surface area contributed by atoms with Crippen LogP contribution in [0.3, 0.4) is 0 Å². The molecule has 0 saturated carbocycles. The number of hydrogen-bond acceptors (Lipinski definition) is 1. The number of hydrogen-bond donors (Lipinski definition) is 1. The molecular weight excluding hydrogens is 212 g/mol. The van der Waals surface area contributed by atoms with E-state index in [-0.39, 0.29) is 0 Å². The second kappa shape index (κ2) is 4.02. The molecule has 0 heterocycles. The number of alkyl halides is 3. The molecule has 1 atom stereocenters. The van der Waals surface area contributed by atoms with Gasteiger partial charge < -0.3 is 5.11 Å². The van der Waals surface area contributed by atoms with Gasteiger partial charge in [-0.15, -0.1) is 6.58 Å². The molecule has 0 saturated heterocycles. The molecule has 0 aliphatic heterocycles. The maximum Gasteiger partial charge on any atom is 0.416 e. The van der Waals surface area contributed by atoms with Gasteiger partial charge in [0, 0.05) is 5.56 Å². The Balaban J connectivity index is 3.22.